The minimum absolute atomic E-state index is 0.000554. The highest BCUT2D eigenvalue weighted by atomic mass is 35.5. The van der Waals surface area contributed by atoms with Gasteiger partial charge in [-0.05, 0) is 12.1 Å². The molecule has 0 aliphatic carbocycles. The normalized spacial score (nSPS) is 21.7. The van der Waals surface area contributed by atoms with Crippen molar-refractivity contribution in [3.8, 4) is 0 Å². The average Bonchev–Trinajstić information content (AvgIpc) is 2.34. The van der Waals surface area contributed by atoms with Crippen LogP contribution in [0.5, 0.6) is 0 Å². The first-order valence-electron chi connectivity index (χ1n) is 5.44. The van der Waals surface area contributed by atoms with Gasteiger partial charge in [0.05, 0.1) is 36.6 Å². The van der Waals surface area contributed by atoms with E-state index in [-0.39, 0.29) is 12.6 Å². The molecule has 0 bridgehead atoms. The Labute approximate surface area is 110 Å². The van der Waals surface area contributed by atoms with Gasteiger partial charge in [-0.3, -0.25) is 4.90 Å². The topological polar surface area (TPSA) is 45.6 Å². The van der Waals surface area contributed by atoms with Crippen LogP contribution in [0, 0.1) is 0 Å². The average molecular weight is 277 g/mol. The van der Waals surface area contributed by atoms with E-state index in [0.717, 1.165) is 12.2 Å². The number of nitrogens with zero attached hydrogens (tertiary/aromatic N) is 2. The van der Waals surface area contributed by atoms with E-state index in [1.165, 1.54) is 0 Å². The number of pyridine rings is 1. The summed E-state index contributed by atoms with van der Waals surface area (Å²) in [7, 11) is 0. The molecule has 1 aromatic heterocycles. The third-order valence-electron chi connectivity index (χ3n) is 2.80. The first-order chi connectivity index (χ1) is 8.20. The summed E-state index contributed by atoms with van der Waals surface area (Å²) in [5.74, 6) is 0. The predicted octanol–water partition coefficient (Wildman–Crippen LogP) is 1.58. The molecule has 1 atom stereocenters. The maximum Gasteiger partial charge on any atom is 0.129 e. The Kier molecular flexibility index (Phi) is 4.59. The number of ether oxygens (including phenoxy) is 1. The fourth-order valence-electron chi connectivity index (χ4n) is 1.83. The molecule has 1 saturated heterocycles. The van der Waals surface area contributed by atoms with Gasteiger partial charge in [-0.15, -0.1) is 0 Å². The summed E-state index contributed by atoms with van der Waals surface area (Å²) in [4.78, 5) is 6.31. The van der Waals surface area contributed by atoms with Gasteiger partial charge in [0.2, 0.25) is 0 Å². The molecule has 1 aliphatic rings. The molecule has 1 fully saturated rings. The lowest BCUT2D eigenvalue weighted by atomic mass is 10.2. The number of halogens is 2. The molecule has 6 heteroatoms. The second kappa shape index (κ2) is 5.98. The van der Waals surface area contributed by atoms with Crippen molar-refractivity contribution in [2.75, 3.05) is 26.4 Å². The number of hydrogen-bond acceptors (Lipinski definition) is 4. The van der Waals surface area contributed by atoms with E-state index in [0.29, 0.717) is 29.9 Å². The highest BCUT2D eigenvalue weighted by molar-refractivity contribution is 6.32. The predicted molar refractivity (Wildman–Crippen MR) is 66.4 cm³/mol. The summed E-state index contributed by atoms with van der Waals surface area (Å²) < 4.78 is 5.31. The summed E-state index contributed by atoms with van der Waals surface area (Å²) in [6.07, 6.45) is 0. The molecule has 4 nitrogen and oxygen atoms in total. The maximum absolute atomic E-state index is 9.26. The molecule has 0 saturated carbocycles. The molecule has 0 amide bonds. The third-order valence-corrected chi connectivity index (χ3v) is 3.35. The van der Waals surface area contributed by atoms with E-state index in [9.17, 15) is 5.11 Å². The first kappa shape index (κ1) is 13.1. The van der Waals surface area contributed by atoms with E-state index in [4.69, 9.17) is 27.9 Å². The molecule has 2 rings (SSSR count). The maximum atomic E-state index is 9.26. The Morgan fingerprint density at radius 3 is 3.06 bits per heavy atom. The lowest BCUT2D eigenvalue weighted by Gasteiger charge is -2.34. The standard InChI is InChI=1S/C11H14Cl2N2O2/c12-9-1-2-11(13)14-10(9)5-15-3-4-17-7-8(15)6-16/h1-2,8,16H,3-7H2. The number of rotatable bonds is 3. The van der Waals surface area contributed by atoms with E-state index in [2.05, 4.69) is 9.88 Å². The van der Waals surface area contributed by atoms with Crippen molar-refractivity contribution in [3.05, 3.63) is 28.0 Å². The lowest BCUT2D eigenvalue weighted by Crippen LogP contribution is -2.47. The molecular weight excluding hydrogens is 263 g/mol. The molecule has 1 aliphatic heterocycles. The number of aliphatic hydroxyl groups is 1. The van der Waals surface area contributed by atoms with Crippen LogP contribution in [0.4, 0.5) is 0 Å². The Hall–Kier alpha value is -0.390. The Balaban J connectivity index is 2.10. The van der Waals surface area contributed by atoms with Gasteiger partial charge in [0.1, 0.15) is 5.15 Å². The van der Waals surface area contributed by atoms with Gasteiger partial charge >= 0.3 is 0 Å². The van der Waals surface area contributed by atoms with Gasteiger partial charge in [-0.2, -0.15) is 0 Å². The number of aromatic nitrogens is 1. The Morgan fingerprint density at radius 1 is 1.47 bits per heavy atom. The van der Waals surface area contributed by atoms with Crippen molar-refractivity contribution in [2.24, 2.45) is 0 Å². The fourth-order valence-corrected chi connectivity index (χ4v) is 2.16. The summed E-state index contributed by atoms with van der Waals surface area (Å²) in [6, 6.07) is 3.40. The van der Waals surface area contributed by atoms with Gasteiger partial charge in [-0.1, -0.05) is 23.2 Å². The number of aliphatic hydroxyl groups excluding tert-OH is 1. The summed E-state index contributed by atoms with van der Waals surface area (Å²) in [5.41, 5.74) is 0.736. The number of hydrogen-bond donors (Lipinski definition) is 1. The molecule has 1 aromatic rings. The molecule has 1 N–H and O–H groups in total. The van der Waals surface area contributed by atoms with Crippen LogP contribution in [0.2, 0.25) is 10.2 Å². The van der Waals surface area contributed by atoms with Crippen molar-refractivity contribution >= 4 is 23.2 Å². The molecule has 0 radical (unpaired) electrons. The monoisotopic (exact) mass is 276 g/mol. The van der Waals surface area contributed by atoms with Gasteiger partial charge in [0.15, 0.2) is 0 Å². The number of morpholine rings is 1. The minimum atomic E-state index is 0.000554. The van der Waals surface area contributed by atoms with Crippen LogP contribution < -0.4 is 0 Å². The molecule has 2 heterocycles. The van der Waals surface area contributed by atoms with E-state index < -0.39 is 0 Å². The SMILES string of the molecule is OCC1COCCN1Cc1nc(Cl)ccc1Cl. The van der Waals surface area contributed by atoms with Crippen LogP contribution in [0.25, 0.3) is 0 Å². The minimum Gasteiger partial charge on any atom is -0.395 e. The quantitative estimate of drug-likeness (QED) is 0.852. The molecule has 0 aromatic carbocycles. The summed E-state index contributed by atoms with van der Waals surface area (Å²) >= 11 is 11.9. The zero-order valence-electron chi connectivity index (χ0n) is 9.27. The van der Waals surface area contributed by atoms with Crippen molar-refractivity contribution < 1.29 is 9.84 Å². The van der Waals surface area contributed by atoms with Gasteiger partial charge in [-0.25, -0.2) is 4.98 Å². The summed E-state index contributed by atoms with van der Waals surface area (Å²) in [6.45, 7) is 2.60. The van der Waals surface area contributed by atoms with Gasteiger partial charge in [0.25, 0.3) is 0 Å². The van der Waals surface area contributed by atoms with Crippen molar-refractivity contribution in [1.82, 2.24) is 9.88 Å². The van der Waals surface area contributed by atoms with E-state index in [1.54, 1.807) is 12.1 Å². The highest BCUT2D eigenvalue weighted by Gasteiger charge is 2.23. The van der Waals surface area contributed by atoms with Crippen molar-refractivity contribution in [2.45, 2.75) is 12.6 Å². The largest absolute Gasteiger partial charge is 0.395 e. The fraction of sp³-hybridized carbons (Fsp3) is 0.545. The molecule has 0 spiro atoms. The highest BCUT2D eigenvalue weighted by Crippen LogP contribution is 2.20. The van der Waals surface area contributed by atoms with E-state index >= 15 is 0 Å². The van der Waals surface area contributed by atoms with Crippen LogP contribution in [-0.4, -0.2) is 47.4 Å². The van der Waals surface area contributed by atoms with Crippen molar-refractivity contribution in [3.63, 3.8) is 0 Å². The van der Waals surface area contributed by atoms with Crippen LogP contribution in [0.15, 0.2) is 12.1 Å². The van der Waals surface area contributed by atoms with Crippen molar-refractivity contribution in [1.29, 1.82) is 0 Å². The first-order valence-corrected chi connectivity index (χ1v) is 6.20. The second-order valence-electron chi connectivity index (χ2n) is 3.94. The Bertz CT molecular complexity index is 390. The van der Waals surface area contributed by atoms with Crippen LogP contribution >= 0.6 is 23.2 Å². The zero-order valence-corrected chi connectivity index (χ0v) is 10.8. The second-order valence-corrected chi connectivity index (χ2v) is 4.74. The smallest absolute Gasteiger partial charge is 0.129 e. The molecule has 94 valence electrons. The molecular formula is C11H14Cl2N2O2. The molecule has 1 unspecified atom stereocenters. The molecule has 17 heavy (non-hydrogen) atoms. The van der Waals surface area contributed by atoms with Gasteiger partial charge < -0.3 is 9.84 Å². The van der Waals surface area contributed by atoms with Crippen LogP contribution in [0.1, 0.15) is 5.69 Å². The Morgan fingerprint density at radius 2 is 2.29 bits per heavy atom. The summed E-state index contributed by atoms with van der Waals surface area (Å²) in [5, 5.41) is 10.3. The van der Waals surface area contributed by atoms with E-state index in [1.807, 2.05) is 0 Å². The lowest BCUT2D eigenvalue weighted by molar-refractivity contribution is -0.0317. The third kappa shape index (κ3) is 3.30. The zero-order chi connectivity index (χ0) is 12.3. The van der Waals surface area contributed by atoms with Crippen LogP contribution in [0.3, 0.4) is 0 Å². The van der Waals surface area contributed by atoms with Gasteiger partial charge in [0, 0.05) is 13.1 Å². The van der Waals surface area contributed by atoms with Crippen LogP contribution in [-0.2, 0) is 11.3 Å².